The molecule has 1 aliphatic heterocycles. The van der Waals surface area contributed by atoms with Crippen molar-refractivity contribution < 1.29 is 14.6 Å². The summed E-state index contributed by atoms with van der Waals surface area (Å²) in [6, 6.07) is 14.9. The van der Waals surface area contributed by atoms with E-state index in [-0.39, 0.29) is 6.61 Å². The molecule has 2 aromatic rings. The third kappa shape index (κ3) is 2.43. The Bertz CT molecular complexity index is 689. The van der Waals surface area contributed by atoms with Crippen LogP contribution < -0.4 is 5.32 Å². The largest absolute Gasteiger partial charge is 0.479 e. The Morgan fingerprint density at radius 2 is 1.90 bits per heavy atom. The van der Waals surface area contributed by atoms with Gasteiger partial charge in [0.15, 0.2) is 5.54 Å². The first-order valence-electron chi connectivity index (χ1n) is 6.56. The van der Waals surface area contributed by atoms with Gasteiger partial charge in [-0.2, -0.15) is 0 Å². The molecule has 1 heterocycles. The van der Waals surface area contributed by atoms with Crippen molar-refractivity contribution >= 4 is 27.6 Å². The van der Waals surface area contributed by atoms with Crippen LogP contribution in [0, 0.1) is 0 Å². The minimum Gasteiger partial charge on any atom is -0.479 e. The van der Waals surface area contributed by atoms with E-state index in [1.807, 2.05) is 48.5 Å². The monoisotopic (exact) mass is 347 g/mol. The predicted molar refractivity (Wildman–Crippen MR) is 83.2 cm³/mol. The van der Waals surface area contributed by atoms with E-state index >= 15 is 0 Å². The topological polar surface area (TPSA) is 58.6 Å². The Labute approximate surface area is 130 Å². The number of para-hydroxylation sites is 1. The van der Waals surface area contributed by atoms with E-state index < -0.39 is 11.5 Å². The van der Waals surface area contributed by atoms with Crippen molar-refractivity contribution in [3.8, 4) is 0 Å². The summed E-state index contributed by atoms with van der Waals surface area (Å²) in [5.41, 5.74) is 1.09. The van der Waals surface area contributed by atoms with E-state index in [1.165, 1.54) is 0 Å². The Hall–Kier alpha value is -1.85. The highest BCUT2D eigenvalue weighted by Gasteiger charge is 2.45. The third-order valence-electron chi connectivity index (χ3n) is 3.64. The second-order valence-corrected chi connectivity index (χ2v) is 5.82. The molecule has 0 bridgehead atoms. The van der Waals surface area contributed by atoms with E-state index in [0.717, 1.165) is 21.3 Å². The number of anilines is 1. The SMILES string of the molecule is O=C(O)C1(Nc2ccccc2Br)COCc2ccccc21. The van der Waals surface area contributed by atoms with Gasteiger partial charge in [0.2, 0.25) is 0 Å². The summed E-state index contributed by atoms with van der Waals surface area (Å²) in [6.45, 7) is 0.517. The van der Waals surface area contributed by atoms with E-state index in [0.29, 0.717) is 6.61 Å². The zero-order valence-corrected chi connectivity index (χ0v) is 12.8. The molecule has 1 unspecified atom stereocenters. The molecule has 108 valence electrons. The quantitative estimate of drug-likeness (QED) is 0.893. The van der Waals surface area contributed by atoms with Crippen molar-refractivity contribution in [1.29, 1.82) is 0 Å². The normalized spacial score (nSPS) is 20.6. The van der Waals surface area contributed by atoms with Crippen molar-refractivity contribution in [2.75, 3.05) is 11.9 Å². The maximum Gasteiger partial charge on any atom is 0.336 e. The highest BCUT2D eigenvalue weighted by Crippen LogP contribution is 2.36. The van der Waals surface area contributed by atoms with Crippen LogP contribution in [0.3, 0.4) is 0 Å². The molecule has 5 heteroatoms. The summed E-state index contributed by atoms with van der Waals surface area (Å²) in [5.74, 6) is -0.953. The number of carbonyl (C=O) groups is 1. The summed E-state index contributed by atoms with van der Waals surface area (Å²) < 4.78 is 6.34. The fraction of sp³-hybridized carbons (Fsp3) is 0.188. The zero-order chi connectivity index (χ0) is 14.9. The van der Waals surface area contributed by atoms with Crippen LogP contribution in [-0.4, -0.2) is 17.7 Å². The molecule has 21 heavy (non-hydrogen) atoms. The van der Waals surface area contributed by atoms with Gasteiger partial charge >= 0.3 is 5.97 Å². The van der Waals surface area contributed by atoms with Crippen LogP contribution >= 0.6 is 15.9 Å². The van der Waals surface area contributed by atoms with Crippen molar-refractivity contribution in [1.82, 2.24) is 0 Å². The maximum atomic E-state index is 12.0. The summed E-state index contributed by atoms with van der Waals surface area (Å²) in [6.07, 6.45) is 0. The molecule has 0 fully saturated rings. The molecule has 0 saturated heterocycles. The number of rotatable bonds is 3. The van der Waals surface area contributed by atoms with Gasteiger partial charge in [-0.3, -0.25) is 0 Å². The summed E-state index contributed by atoms with van der Waals surface area (Å²) in [4.78, 5) is 12.0. The van der Waals surface area contributed by atoms with E-state index in [9.17, 15) is 9.90 Å². The van der Waals surface area contributed by atoms with Crippen LogP contribution in [0.25, 0.3) is 0 Å². The number of carboxylic acid groups (broad SMARTS) is 1. The molecule has 3 rings (SSSR count). The second kappa shape index (κ2) is 5.50. The molecule has 0 aliphatic carbocycles. The predicted octanol–water partition coefficient (Wildman–Crippen LogP) is 3.37. The molecule has 1 atom stereocenters. The fourth-order valence-corrected chi connectivity index (χ4v) is 2.96. The molecule has 4 nitrogen and oxygen atoms in total. The molecule has 2 aromatic carbocycles. The summed E-state index contributed by atoms with van der Waals surface area (Å²) >= 11 is 3.44. The van der Waals surface area contributed by atoms with Crippen molar-refractivity contribution in [2.24, 2.45) is 0 Å². The molecule has 0 radical (unpaired) electrons. The maximum absolute atomic E-state index is 12.0. The Morgan fingerprint density at radius 1 is 1.19 bits per heavy atom. The number of fused-ring (bicyclic) bond motifs is 1. The molecule has 1 aliphatic rings. The van der Waals surface area contributed by atoms with Crippen LogP contribution in [-0.2, 0) is 21.7 Å². The fourth-order valence-electron chi connectivity index (χ4n) is 2.58. The van der Waals surface area contributed by atoms with Crippen LogP contribution in [0.1, 0.15) is 11.1 Å². The van der Waals surface area contributed by atoms with Gasteiger partial charge in [0, 0.05) is 10.2 Å². The molecule has 0 saturated carbocycles. The number of hydrogen-bond acceptors (Lipinski definition) is 3. The third-order valence-corrected chi connectivity index (χ3v) is 4.33. The molecule has 2 N–H and O–H groups in total. The van der Waals surface area contributed by atoms with Gasteiger partial charge in [-0.1, -0.05) is 36.4 Å². The second-order valence-electron chi connectivity index (χ2n) is 4.97. The van der Waals surface area contributed by atoms with Gasteiger partial charge in [-0.15, -0.1) is 0 Å². The standard InChI is InChI=1S/C16H14BrNO3/c17-13-7-3-4-8-14(13)18-16(15(19)20)10-21-9-11-5-1-2-6-12(11)16/h1-8,18H,9-10H2,(H,19,20). The lowest BCUT2D eigenvalue weighted by Crippen LogP contribution is -2.50. The summed E-state index contributed by atoms with van der Waals surface area (Å²) in [5, 5.41) is 13.0. The lowest BCUT2D eigenvalue weighted by Gasteiger charge is -2.36. The average molecular weight is 348 g/mol. The molecule has 0 spiro atoms. The Kier molecular flexibility index (Phi) is 3.69. The molecule has 0 aromatic heterocycles. The van der Waals surface area contributed by atoms with Crippen LogP contribution in [0.4, 0.5) is 5.69 Å². The average Bonchev–Trinajstić information content (AvgIpc) is 2.49. The highest BCUT2D eigenvalue weighted by molar-refractivity contribution is 9.10. The number of carboxylic acids is 1. The molecular weight excluding hydrogens is 334 g/mol. The van der Waals surface area contributed by atoms with Gasteiger partial charge in [0.05, 0.1) is 13.2 Å². The van der Waals surface area contributed by atoms with Gasteiger partial charge in [-0.25, -0.2) is 4.79 Å². The number of hydrogen-bond donors (Lipinski definition) is 2. The van der Waals surface area contributed by atoms with E-state index in [4.69, 9.17) is 4.74 Å². The van der Waals surface area contributed by atoms with Gasteiger partial charge in [0.25, 0.3) is 0 Å². The van der Waals surface area contributed by atoms with E-state index in [1.54, 1.807) is 0 Å². The van der Waals surface area contributed by atoms with Crippen molar-refractivity contribution in [3.05, 3.63) is 64.1 Å². The number of halogens is 1. The first-order chi connectivity index (χ1) is 10.1. The Morgan fingerprint density at radius 3 is 2.67 bits per heavy atom. The van der Waals surface area contributed by atoms with Crippen molar-refractivity contribution in [3.63, 3.8) is 0 Å². The van der Waals surface area contributed by atoms with Crippen LogP contribution in [0.15, 0.2) is 53.0 Å². The van der Waals surface area contributed by atoms with E-state index in [2.05, 4.69) is 21.2 Å². The summed E-state index contributed by atoms with van der Waals surface area (Å²) in [7, 11) is 0. The lowest BCUT2D eigenvalue weighted by molar-refractivity contribution is -0.146. The smallest absolute Gasteiger partial charge is 0.336 e. The number of nitrogens with one attached hydrogen (secondary N) is 1. The molecule has 0 amide bonds. The van der Waals surface area contributed by atoms with Gasteiger partial charge < -0.3 is 15.2 Å². The van der Waals surface area contributed by atoms with Crippen molar-refractivity contribution in [2.45, 2.75) is 12.1 Å². The minimum atomic E-state index is -1.28. The lowest BCUT2D eigenvalue weighted by atomic mass is 9.85. The van der Waals surface area contributed by atoms with Crippen LogP contribution in [0.5, 0.6) is 0 Å². The number of benzene rings is 2. The Balaban J connectivity index is 2.11. The number of ether oxygens (including phenoxy) is 1. The van der Waals surface area contributed by atoms with Gasteiger partial charge in [-0.05, 0) is 39.2 Å². The zero-order valence-electron chi connectivity index (χ0n) is 11.2. The molecular formula is C16H14BrNO3. The van der Waals surface area contributed by atoms with Gasteiger partial charge in [0.1, 0.15) is 0 Å². The highest BCUT2D eigenvalue weighted by atomic mass is 79.9. The van der Waals surface area contributed by atoms with Crippen LogP contribution in [0.2, 0.25) is 0 Å². The first kappa shape index (κ1) is 14.1. The first-order valence-corrected chi connectivity index (χ1v) is 7.35. The minimum absolute atomic E-state index is 0.0840. The number of aliphatic carboxylic acids is 1.